The molecule has 2 aliphatic heterocycles. The summed E-state index contributed by atoms with van der Waals surface area (Å²) in [6, 6.07) is -0.0596. The third-order valence-electron chi connectivity index (χ3n) is 3.35. The number of nitrogens with zero attached hydrogens (tertiary/aromatic N) is 1. The van der Waals surface area contributed by atoms with Gasteiger partial charge in [-0.25, -0.2) is 0 Å². The first-order chi connectivity index (χ1) is 7.68. The predicted octanol–water partition coefficient (Wildman–Crippen LogP) is 1.21. The number of carboxylic acid groups (broad SMARTS) is 1. The molecule has 2 heterocycles. The van der Waals surface area contributed by atoms with Crippen molar-refractivity contribution >= 4 is 23.6 Å². The Labute approximate surface area is 99.4 Å². The van der Waals surface area contributed by atoms with Crippen LogP contribution < -0.4 is 0 Å². The van der Waals surface area contributed by atoms with E-state index in [4.69, 9.17) is 5.11 Å². The van der Waals surface area contributed by atoms with Crippen LogP contribution in [0.25, 0.3) is 0 Å². The zero-order valence-corrected chi connectivity index (χ0v) is 10.0. The Morgan fingerprint density at radius 2 is 2.19 bits per heavy atom. The SMILES string of the molecule is O=C(O)CC1CCCN1C(=O)C1CCSC1. The lowest BCUT2D eigenvalue weighted by molar-refractivity contribution is -0.141. The number of carboxylic acids is 1. The summed E-state index contributed by atoms with van der Waals surface area (Å²) in [6.45, 7) is 0.748. The van der Waals surface area contributed by atoms with Gasteiger partial charge >= 0.3 is 5.97 Å². The molecule has 0 bridgehead atoms. The van der Waals surface area contributed by atoms with Gasteiger partial charge in [-0.3, -0.25) is 9.59 Å². The van der Waals surface area contributed by atoms with Gasteiger partial charge < -0.3 is 10.0 Å². The van der Waals surface area contributed by atoms with E-state index in [1.807, 2.05) is 16.7 Å². The molecule has 0 aromatic heterocycles. The average molecular weight is 243 g/mol. The van der Waals surface area contributed by atoms with Gasteiger partial charge in [-0.1, -0.05) is 0 Å². The summed E-state index contributed by atoms with van der Waals surface area (Å²) < 4.78 is 0. The molecule has 0 spiro atoms. The van der Waals surface area contributed by atoms with Gasteiger partial charge in [-0.2, -0.15) is 11.8 Å². The molecule has 0 aromatic rings. The van der Waals surface area contributed by atoms with Gasteiger partial charge in [0.15, 0.2) is 0 Å². The number of aliphatic carboxylic acids is 1. The normalized spacial score (nSPS) is 29.6. The Hall–Kier alpha value is -0.710. The summed E-state index contributed by atoms with van der Waals surface area (Å²) in [6.07, 6.45) is 2.85. The molecule has 2 saturated heterocycles. The minimum Gasteiger partial charge on any atom is -0.481 e. The first-order valence-electron chi connectivity index (χ1n) is 5.78. The summed E-state index contributed by atoms with van der Waals surface area (Å²) in [5, 5.41) is 8.80. The van der Waals surface area contributed by atoms with Crippen molar-refractivity contribution in [3.63, 3.8) is 0 Å². The van der Waals surface area contributed by atoms with Gasteiger partial charge in [0.1, 0.15) is 0 Å². The Morgan fingerprint density at radius 3 is 2.81 bits per heavy atom. The lowest BCUT2D eigenvalue weighted by Gasteiger charge is -2.26. The van der Waals surface area contributed by atoms with E-state index in [-0.39, 0.29) is 24.3 Å². The summed E-state index contributed by atoms with van der Waals surface area (Å²) in [7, 11) is 0. The molecule has 16 heavy (non-hydrogen) atoms. The molecular formula is C11H17NO3S. The topological polar surface area (TPSA) is 57.6 Å². The number of hydrogen-bond acceptors (Lipinski definition) is 3. The van der Waals surface area contributed by atoms with E-state index in [2.05, 4.69) is 0 Å². The molecule has 2 unspecified atom stereocenters. The molecular weight excluding hydrogens is 226 g/mol. The maximum Gasteiger partial charge on any atom is 0.305 e. The maximum atomic E-state index is 12.2. The highest BCUT2D eigenvalue weighted by Gasteiger charge is 2.35. The molecule has 0 saturated carbocycles. The fraction of sp³-hybridized carbons (Fsp3) is 0.818. The third-order valence-corrected chi connectivity index (χ3v) is 4.51. The van der Waals surface area contributed by atoms with Crippen molar-refractivity contribution in [3.8, 4) is 0 Å². The van der Waals surface area contributed by atoms with Crippen molar-refractivity contribution in [1.82, 2.24) is 4.90 Å². The molecule has 2 atom stereocenters. The van der Waals surface area contributed by atoms with Gasteiger partial charge in [0, 0.05) is 24.3 Å². The van der Waals surface area contributed by atoms with Gasteiger partial charge in [-0.05, 0) is 25.0 Å². The van der Waals surface area contributed by atoms with Crippen LogP contribution in [0, 0.1) is 5.92 Å². The van der Waals surface area contributed by atoms with Crippen LogP contribution in [0.4, 0.5) is 0 Å². The van der Waals surface area contributed by atoms with E-state index in [0.717, 1.165) is 37.3 Å². The number of rotatable bonds is 3. The van der Waals surface area contributed by atoms with Crippen LogP contribution in [-0.4, -0.2) is 46.0 Å². The zero-order chi connectivity index (χ0) is 11.5. The third kappa shape index (κ3) is 2.51. The molecule has 1 N–H and O–H groups in total. The highest BCUT2D eigenvalue weighted by molar-refractivity contribution is 7.99. The van der Waals surface area contributed by atoms with Crippen LogP contribution in [0.2, 0.25) is 0 Å². The minimum absolute atomic E-state index is 0.0596. The monoisotopic (exact) mass is 243 g/mol. The highest BCUT2D eigenvalue weighted by Crippen LogP contribution is 2.29. The Kier molecular flexibility index (Phi) is 3.74. The largest absolute Gasteiger partial charge is 0.481 e. The van der Waals surface area contributed by atoms with Crippen molar-refractivity contribution in [3.05, 3.63) is 0 Å². The molecule has 1 amide bonds. The Morgan fingerprint density at radius 1 is 1.38 bits per heavy atom. The summed E-state index contributed by atoms with van der Waals surface area (Å²) >= 11 is 1.82. The standard InChI is InChI=1S/C11H17NO3S/c13-10(14)6-9-2-1-4-12(9)11(15)8-3-5-16-7-8/h8-9H,1-7H2,(H,13,14). The smallest absolute Gasteiger partial charge is 0.305 e. The lowest BCUT2D eigenvalue weighted by Crippen LogP contribution is -2.40. The molecule has 2 aliphatic rings. The first kappa shape index (κ1) is 11.8. The van der Waals surface area contributed by atoms with Crippen LogP contribution in [0.5, 0.6) is 0 Å². The van der Waals surface area contributed by atoms with Gasteiger partial charge in [0.2, 0.25) is 5.91 Å². The van der Waals surface area contributed by atoms with Crippen molar-refractivity contribution in [2.24, 2.45) is 5.92 Å². The Bertz CT molecular complexity index is 289. The van der Waals surface area contributed by atoms with Gasteiger partial charge in [0.05, 0.1) is 6.42 Å². The second-order valence-corrected chi connectivity index (χ2v) is 5.64. The predicted molar refractivity (Wildman–Crippen MR) is 62.4 cm³/mol. The number of likely N-dealkylation sites (tertiary alicyclic amines) is 1. The average Bonchev–Trinajstić information content (AvgIpc) is 2.84. The molecule has 2 rings (SSSR count). The fourth-order valence-electron chi connectivity index (χ4n) is 2.50. The van der Waals surface area contributed by atoms with E-state index < -0.39 is 5.97 Å². The van der Waals surface area contributed by atoms with Crippen molar-refractivity contribution in [2.75, 3.05) is 18.1 Å². The van der Waals surface area contributed by atoms with E-state index in [1.165, 1.54) is 0 Å². The Balaban J connectivity index is 1.95. The second-order valence-electron chi connectivity index (χ2n) is 4.49. The number of thioether (sulfide) groups is 1. The van der Waals surface area contributed by atoms with Crippen molar-refractivity contribution in [2.45, 2.75) is 31.7 Å². The minimum atomic E-state index is -0.800. The van der Waals surface area contributed by atoms with Crippen LogP contribution in [0.1, 0.15) is 25.7 Å². The molecule has 90 valence electrons. The number of carbonyl (C=O) groups is 2. The summed E-state index contributed by atoms with van der Waals surface area (Å²) in [4.78, 5) is 24.7. The molecule has 0 aliphatic carbocycles. The molecule has 0 aromatic carbocycles. The quantitative estimate of drug-likeness (QED) is 0.809. The van der Waals surface area contributed by atoms with Gasteiger partial charge in [-0.15, -0.1) is 0 Å². The van der Waals surface area contributed by atoms with Crippen molar-refractivity contribution in [1.29, 1.82) is 0 Å². The summed E-state index contributed by atoms with van der Waals surface area (Å²) in [5.41, 5.74) is 0. The number of carbonyl (C=O) groups excluding carboxylic acids is 1. The molecule has 2 fully saturated rings. The fourth-order valence-corrected chi connectivity index (χ4v) is 3.72. The van der Waals surface area contributed by atoms with E-state index in [0.29, 0.717) is 0 Å². The van der Waals surface area contributed by atoms with E-state index in [1.54, 1.807) is 0 Å². The second kappa shape index (κ2) is 5.08. The van der Waals surface area contributed by atoms with E-state index >= 15 is 0 Å². The highest BCUT2D eigenvalue weighted by atomic mass is 32.2. The molecule has 5 heteroatoms. The lowest BCUT2D eigenvalue weighted by atomic mass is 10.1. The van der Waals surface area contributed by atoms with Crippen LogP contribution in [0.15, 0.2) is 0 Å². The summed E-state index contributed by atoms with van der Waals surface area (Å²) in [5.74, 6) is 1.50. The van der Waals surface area contributed by atoms with Crippen molar-refractivity contribution < 1.29 is 14.7 Å². The van der Waals surface area contributed by atoms with Gasteiger partial charge in [0.25, 0.3) is 0 Å². The maximum absolute atomic E-state index is 12.2. The molecule has 4 nitrogen and oxygen atoms in total. The molecule has 0 radical (unpaired) electrons. The van der Waals surface area contributed by atoms with E-state index in [9.17, 15) is 9.59 Å². The zero-order valence-electron chi connectivity index (χ0n) is 9.22. The first-order valence-corrected chi connectivity index (χ1v) is 6.94. The van der Waals surface area contributed by atoms with Crippen LogP contribution in [0.3, 0.4) is 0 Å². The van der Waals surface area contributed by atoms with Crippen LogP contribution in [-0.2, 0) is 9.59 Å². The number of hydrogen-bond donors (Lipinski definition) is 1. The number of amides is 1. The van der Waals surface area contributed by atoms with Crippen LogP contribution >= 0.6 is 11.8 Å².